The second-order valence-electron chi connectivity index (χ2n) is 4.42. The van der Waals surface area contributed by atoms with Crippen LogP contribution in [-0.4, -0.2) is 28.7 Å². The number of nitrogens with zero attached hydrogens (tertiary/aromatic N) is 3. The predicted molar refractivity (Wildman–Crippen MR) is 71.2 cm³/mol. The van der Waals surface area contributed by atoms with Crippen LogP contribution in [0.1, 0.15) is 12.8 Å². The number of amides is 1. The van der Waals surface area contributed by atoms with Gasteiger partial charge < -0.3 is 10.6 Å². The molecule has 1 aliphatic rings. The van der Waals surface area contributed by atoms with Crippen molar-refractivity contribution in [1.29, 1.82) is 0 Å². The Balaban J connectivity index is 2.14. The number of aromatic nitrogens is 2. The van der Waals surface area contributed by atoms with Crippen LogP contribution in [0.3, 0.4) is 0 Å². The van der Waals surface area contributed by atoms with Crippen LogP contribution in [0.2, 0.25) is 5.02 Å². The van der Waals surface area contributed by atoms with Gasteiger partial charge in [0.1, 0.15) is 5.82 Å². The number of hydrogen-bond acceptors (Lipinski definition) is 3. The van der Waals surface area contributed by atoms with Crippen LogP contribution >= 0.6 is 11.6 Å². The lowest BCUT2D eigenvalue weighted by Crippen LogP contribution is -2.21. The van der Waals surface area contributed by atoms with Crippen LogP contribution in [0.4, 0.5) is 10.6 Å². The van der Waals surface area contributed by atoms with Crippen molar-refractivity contribution in [3.05, 3.63) is 23.4 Å². The number of rotatable bonds is 1. The van der Waals surface area contributed by atoms with Gasteiger partial charge in [0, 0.05) is 24.7 Å². The highest BCUT2D eigenvalue weighted by Crippen LogP contribution is 2.27. The van der Waals surface area contributed by atoms with Gasteiger partial charge in [-0.2, -0.15) is 0 Å². The van der Waals surface area contributed by atoms with E-state index < -0.39 is 6.03 Å². The summed E-state index contributed by atoms with van der Waals surface area (Å²) in [4.78, 5) is 18.0. The van der Waals surface area contributed by atoms with Gasteiger partial charge in [-0.05, 0) is 25.0 Å². The molecule has 0 spiro atoms. The van der Waals surface area contributed by atoms with Gasteiger partial charge in [0.15, 0.2) is 5.65 Å². The molecule has 3 rings (SSSR count). The number of anilines is 1. The molecular weight excluding hydrogens is 252 g/mol. The van der Waals surface area contributed by atoms with Crippen LogP contribution in [0.15, 0.2) is 18.3 Å². The molecule has 18 heavy (non-hydrogen) atoms. The van der Waals surface area contributed by atoms with Gasteiger partial charge in [0.05, 0.1) is 5.02 Å². The fourth-order valence-corrected chi connectivity index (χ4v) is 2.59. The Labute approximate surface area is 109 Å². The van der Waals surface area contributed by atoms with Gasteiger partial charge in [0.25, 0.3) is 0 Å². The maximum Gasteiger partial charge on any atom is 0.324 e. The highest BCUT2D eigenvalue weighted by atomic mass is 35.5. The number of carbonyl (C=O) groups is 1. The molecule has 2 aromatic rings. The molecule has 0 unspecified atom stereocenters. The summed E-state index contributed by atoms with van der Waals surface area (Å²) < 4.78 is 1.29. The van der Waals surface area contributed by atoms with Crippen LogP contribution in [-0.2, 0) is 0 Å². The Kier molecular flexibility index (Phi) is 2.63. The lowest BCUT2D eigenvalue weighted by atomic mass is 10.3. The van der Waals surface area contributed by atoms with E-state index in [1.54, 1.807) is 0 Å². The Morgan fingerprint density at radius 3 is 2.72 bits per heavy atom. The first-order valence-electron chi connectivity index (χ1n) is 5.89. The van der Waals surface area contributed by atoms with Crippen molar-refractivity contribution in [2.45, 2.75) is 12.8 Å². The summed E-state index contributed by atoms with van der Waals surface area (Å²) >= 11 is 6.05. The third-order valence-electron chi connectivity index (χ3n) is 3.26. The number of primary amides is 1. The fourth-order valence-electron chi connectivity index (χ4n) is 2.34. The average Bonchev–Trinajstić information content (AvgIpc) is 2.97. The summed E-state index contributed by atoms with van der Waals surface area (Å²) in [6, 6.07) is 3.25. The molecule has 94 valence electrons. The molecule has 2 N–H and O–H groups in total. The van der Waals surface area contributed by atoms with Gasteiger partial charge in [0.2, 0.25) is 0 Å². The maximum absolute atomic E-state index is 11.3. The normalized spacial score (nSPS) is 15.5. The zero-order valence-electron chi connectivity index (χ0n) is 9.77. The van der Waals surface area contributed by atoms with E-state index >= 15 is 0 Å². The minimum Gasteiger partial charge on any atom is -0.357 e. The molecule has 0 aromatic carbocycles. The van der Waals surface area contributed by atoms with Gasteiger partial charge in [-0.1, -0.05) is 11.6 Å². The van der Waals surface area contributed by atoms with Crippen molar-refractivity contribution in [3.8, 4) is 0 Å². The number of halogens is 1. The predicted octanol–water partition coefficient (Wildman–Crippen LogP) is 2.22. The lowest BCUT2D eigenvalue weighted by Gasteiger charge is -2.16. The minimum atomic E-state index is -0.571. The number of pyridine rings is 1. The van der Waals surface area contributed by atoms with Gasteiger partial charge in [-0.25, -0.2) is 9.78 Å². The summed E-state index contributed by atoms with van der Waals surface area (Å²) in [6.45, 7) is 2.01. The lowest BCUT2D eigenvalue weighted by molar-refractivity contribution is 0.251. The van der Waals surface area contributed by atoms with Crippen molar-refractivity contribution >= 4 is 34.5 Å². The Hall–Kier alpha value is -1.75. The van der Waals surface area contributed by atoms with Crippen LogP contribution in [0, 0.1) is 0 Å². The second kappa shape index (κ2) is 4.17. The number of nitrogens with two attached hydrogens (primary N) is 1. The summed E-state index contributed by atoms with van der Waals surface area (Å²) in [5.41, 5.74) is 5.83. The van der Waals surface area contributed by atoms with Crippen LogP contribution in [0.5, 0.6) is 0 Å². The van der Waals surface area contributed by atoms with Crippen molar-refractivity contribution in [2.24, 2.45) is 5.73 Å². The highest BCUT2D eigenvalue weighted by molar-refractivity contribution is 6.35. The third kappa shape index (κ3) is 1.71. The molecule has 1 fully saturated rings. The average molecular weight is 265 g/mol. The Morgan fingerprint density at radius 2 is 2.06 bits per heavy atom. The van der Waals surface area contributed by atoms with Gasteiger partial charge >= 0.3 is 6.03 Å². The third-order valence-corrected chi connectivity index (χ3v) is 3.56. The van der Waals surface area contributed by atoms with Crippen molar-refractivity contribution in [3.63, 3.8) is 0 Å². The van der Waals surface area contributed by atoms with E-state index in [4.69, 9.17) is 17.3 Å². The number of hydrogen-bond donors (Lipinski definition) is 1. The fraction of sp³-hybridized carbons (Fsp3) is 0.333. The molecule has 6 heteroatoms. The molecule has 2 aromatic heterocycles. The molecule has 0 atom stereocenters. The Bertz CT molecular complexity index is 616. The zero-order valence-corrected chi connectivity index (χ0v) is 10.5. The summed E-state index contributed by atoms with van der Waals surface area (Å²) in [5.74, 6) is 0.872. The summed E-state index contributed by atoms with van der Waals surface area (Å²) in [5, 5.41) is 1.24. The Morgan fingerprint density at radius 1 is 1.33 bits per heavy atom. The molecule has 0 radical (unpaired) electrons. The number of fused-ring (bicyclic) bond motifs is 1. The first kappa shape index (κ1) is 11.3. The van der Waals surface area contributed by atoms with E-state index in [1.165, 1.54) is 23.6 Å². The molecular formula is C12H13ClN4O. The van der Waals surface area contributed by atoms with Crippen molar-refractivity contribution < 1.29 is 4.79 Å². The van der Waals surface area contributed by atoms with E-state index in [-0.39, 0.29) is 0 Å². The molecule has 0 bridgehead atoms. The largest absolute Gasteiger partial charge is 0.357 e. The monoisotopic (exact) mass is 264 g/mol. The van der Waals surface area contributed by atoms with E-state index in [9.17, 15) is 4.79 Å². The first-order valence-corrected chi connectivity index (χ1v) is 6.27. The highest BCUT2D eigenvalue weighted by Gasteiger charge is 2.17. The molecule has 1 aliphatic heterocycles. The molecule has 1 saturated heterocycles. The maximum atomic E-state index is 11.3. The molecule has 5 nitrogen and oxygen atoms in total. The molecule has 3 heterocycles. The minimum absolute atomic E-state index is 0.490. The molecule has 0 aliphatic carbocycles. The smallest absolute Gasteiger partial charge is 0.324 e. The van der Waals surface area contributed by atoms with E-state index in [2.05, 4.69) is 9.88 Å². The second-order valence-corrected chi connectivity index (χ2v) is 4.83. The zero-order chi connectivity index (χ0) is 12.7. The molecule has 0 saturated carbocycles. The van der Waals surface area contributed by atoms with Crippen LogP contribution in [0.25, 0.3) is 11.0 Å². The van der Waals surface area contributed by atoms with Gasteiger partial charge in [-0.3, -0.25) is 4.57 Å². The summed E-state index contributed by atoms with van der Waals surface area (Å²) in [7, 11) is 0. The quantitative estimate of drug-likeness (QED) is 0.859. The standard InChI is InChI=1S/C12H13ClN4O/c13-9-7-17(12(14)18)11-8(9)3-4-10(15-11)16-5-1-2-6-16/h3-4,7H,1-2,5-6H2,(H2,14,18). The SMILES string of the molecule is NC(=O)n1cc(Cl)c2ccc(N3CCCC3)nc21. The van der Waals surface area contributed by atoms with E-state index in [0.717, 1.165) is 24.3 Å². The number of carbonyl (C=O) groups excluding carboxylic acids is 1. The van der Waals surface area contributed by atoms with Gasteiger partial charge in [-0.15, -0.1) is 0 Å². The molecule has 1 amide bonds. The summed E-state index contributed by atoms with van der Waals surface area (Å²) in [6.07, 6.45) is 3.87. The topological polar surface area (TPSA) is 64.2 Å². The van der Waals surface area contributed by atoms with Crippen LogP contribution < -0.4 is 10.6 Å². The van der Waals surface area contributed by atoms with Crippen molar-refractivity contribution in [2.75, 3.05) is 18.0 Å². The first-order chi connectivity index (χ1) is 8.66. The van der Waals surface area contributed by atoms with E-state index in [0.29, 0.717) is 10.7 Å². The van der Waals surface area contributed by atoms with E-state index in [1.807, 2.05) is 12.1 Å². The van der Waals surface area contributed by atoms with Crippen molar-refractivity contribution in [1.82, 2.24) is 9.55 Å².